The minimum Gasteiger partial charge on any atom is -0.324 e. The number of aromatic amines is 1. The van der Waals surface area contributed by atoms with Crippen LogP contribution < -0.4 is 11.1 Å². The second-order valence-electron chi connectivity index (χ2n) is 5.48. The standard InChI is InChI=1S/C18H15N5OS/c19-10-16-21-17(23-22-16)11-4-6-12(7-5-11)20-18(24)14-2-1-3-15-13(14)8-9-25-15/h1-9H,10,19H2,(H,20,24)(H,21,22,23). The van der Waals surface area contributed by atoms with Gasteiger partial charge in [-0.3, -0.25) is 9.89 Å². The lowest BCUT2D eigenvalue weighted by atomic mass is 10.1. The lowest BCUT2D eigenvalue weighted by Gasteiger charge is -2.07. The quantitative estimate of drug-likeness (QED) is 0.526. The third-order valence-electron chi connectivity index (χ3n) is 3.87. The van der Waals surface area contributed by atoms with E-state index in [1.165, 1.54) is 0 Å². The molecule has 2 aromatic heterocycles. The molecule has 0 unspecified atom stereocenters. The van der Waals surface area contributed by atoms with Crippen LogP contribution in [0.1, 0.15) is 16.2 Å². The smallest absolute Gasteiger partial charge is 0.256 e. The summed E-state index contributed by atoms with van der Waals surface area (Å²) >= 11 is 1.62. The highest BCUT2D eigenvalue weighted by molar-refractivity contribution is 7.17. The van der Waals surface area contributed by atoms with Crippen LogP contribution in [0.2, 0.25) is 0 Å². The van der Waals surface area contributed by atoms with E-state index in [2.05, 4.69) is 20.5 Å². The molecule has 4 N–H and O–H groups in total. The fraction of sp³-hybridized carbons (Fsp3) is 0.0556. The number of carbonyl (C=O) groups is 1. The predicted molar refractivity (Wildman–Crippen MR) is 99.5 cm³/mol. The molecule has 4 aromatic rings. The first-order valence-electron chi connectivity index (χ1n) is 7.74. The van der Waals surface area contributed by atoms with Crippen molar-refractivity contribution >= 4 is 33.0 Å². The largest absolute Gasteiger partial charge is 0.324 e. The summed E-state index contributed by atoms with van der Waals surface area (Å²) in [5, 5.41) is 12.8. The molecule has 2 heterocycles. The molecule has 25 heavy (non-hydrogen) atoms. The maximum Gasteiger partial charge on any atom is 0.256 e. The number of benzene rings is 2. The van der Waals surface area contributed by atoms with Crippen LogP contribution in [0.5, 0.6) is 0 Å². The van der Waals surface area contributed by atoms with Gasteiger partial charge in [0, 0.05) is 26.9 Å². The van der Waals surface area contributed by atoms with Gasteiger partial charge in [-0.05, 0) is 47.8 Å². The van der Waals surface area contributed by atoms with Crippen LogP contribution >= 0.6 is 11.3 Å². The van der Waals surface area contributed by atoms with Gasteiger partial charge in [0.15, 0.2) is 5.82 Å². The molecule has 0 atom stereocenters. The van der Waals surface area contributed by atoms with Crippen molar-refractivity contribution in [2.24, 2.45) is 5.73 Å². The first kappa shape index (κ1) is 15.5. The first-order valence-corrected chi connectivity index (χ1v) is 8.62. The first-order chi connectivity index (χ1) is 12.2. The van der Waals surface area contributed by atoms with Gasteiger partial charge in [-0.15, -0.1) is 11.3 Å². The number of thiophene rings is 1. The van der Waals surface area contributed by atoms with Gasteiger partial charge >= 0.3 is 0 Å². The number of nitrogens with zero attached hydrogens (tertiary/aromatic N) is 2. The molecule has 0 aliphatic rings. The van der Waals surface area contributed by atoms with E-state index in [4.69, 9.17) is 5.73 Å². The molecule has 0 spiro atoms. The number of hydrogen-bond donors (Lipinski definition) is 3. The van der Waals surface area contributed by atoms with Gasteiger partial charge in [-0.1, -0.05) is 6.07 Å². The molecule has 0 fully saturated rings. The van der Waals surface area contributed by atoms with Gasteiger partial charge < -0.3 is 11.1 Å². The zero-order chi connectivity index (χ0) is 17.2. The zero-order valence-corrected chi connectivity index (χ0v) is 14.0. The summed E-state index contributed by atoms with van der Waals surface area (Å²) in [5.74, 6) is 1.10. The van der Waals surface area contributed by atoms with Gasteiger partial charge in [0.05, 0.1) is 6.54 Å². The monoisotopic (exact) mass is 349 g/mol. The molecule has 2 aromatic carbocycles. The maximum absolute atomic E-state index is 12.6. The number of amides is 1. The van der Waals surface area contributed by atoms with Crippen LogP contribution in [0.4, 0.5) is 5.69 Å². The average molecular weight is 349 g/mol. The predicted octanol–water partition coefficient (Wildman–Crippen LogP) is 3.40. The van der Waals surface area contributed by atoms with Crippen LogP contribution in [0, 0.1) is 0 Å². The zero-order valence-electron chi connectivity index (χ0n) is 13.2. The Morgan fingerprint density at radius 1 is 1.16 bits per heavy atom. The Kier molecular flexibility index (Phi) is 4.01. The fourth-order valence-corrected chi connectivity index (χ4v) is 3.42. The molecule has 0 bridgehead atoms. The normalized spacial score (nSPS) is 10.9. The molecule has 124 valence electrons. The number of nitrogens with two attached hydrogens (primary N) is 1. The Hall–Kier alpha value is -3.03. The Bertz CT molecular complexity index is 1040. The number of fused-ring (bicyclic) bond motifs is 1. The van der Waals surface area contributed by atoms with Crippen molar-refractivity contribution in [2.75, 3.05) is 5.32 Å². The van der Waals surface area contributed by atoms with Crippen LogP contribution in [-0.4, -0.2) is 21.1 Å². The van der Waals surface area contributed by atoms with Crippen molar-refractivity contribution in [1.82, 2.24) is 15.2 Å². The molecule has 7 heteroatoms. The second-order valence-corrected chi connectivity index (χ2v) is 6.43. The third kappa shape index (κ3) is 3.02. The second kappa shape index (κ2) is 6.46. The van der Waals surface area contributed by atoms with E-state index >= 15 is 0 Å². The van der Waals surface area contributed by atoms with Gasteiger partial charge in [0.25, 0.3) is 5.91 Å². The molecule has 0 saturated carbocycles. The minimum atomic E-state index is -0.125. The van der Waals surface area contributed by atoms with Crippen molar-refractivity contribution in [2.45, 2.75) is 6.54 Å². The van der Waals surface area contributed by atoms with E-state index < -0.39 is 0 Å². The number of rotatable bonds is 4. The van der Waals surface area contributed by atoms with E-state index in [0.29, 0.717) is 23.8 Å². The number of aromatic nitrogens is 3. The summed E-state index contributed by atoms with van der Waals surface area (Å²) in [6, 6.07) is 15.1. The number of H-pyrrole nitrogens is 1. The summed E-state index contributed by atoms with van der Waals surface area (Å²) in [6.45, 7) is 0.315. The topological polar surface area (TPSA) is 96.7 Å². The van der Waals surface area contributed by atoms with E-state index in [-0.39, 0.29) is 5.91 Å². The van der Waals surface area contributed by atoms with Crippen LogP contribution in [0.3, 0.4) is 0 Å². The average Bonchev–Trinajstić information content (AvgIpc) is 3.31. The van der Waals surface area contributed by atoms with E-state index in [0.717, 1.165) is 21.3 Å². The molecule has 4 rings (SSSR count). The fourth-order valence-electron chi connectivity index (χ4n) is 2.61. The molecule has 0 aliphatic heterocycles. The lowest BCUT2D eigenvalue weighted by Crippen LogP contribution is -2.11. The Morgan fingerprint density at radius 3 is 2.76 bits per heavy atom. The van der Waals surface area contributed by atoms with E-state index in [1.54, 1.807) is 11.3 Å². The number of anilines is 1. The number of nitrogens with one attached hydrogen (secondary N) is 2. The van der Waals surface area contributed by atoms with Crippen molar-refractivity contribution < 1.29 is 4.79 Å². The highest BCUT2D eigenvalue weighted by atomic mass is 32.1. The molecule has 0 saturated heterocycles. The number of hydrogen-bond acceptors (Lipinski definition) is 5. The van der Waals surface area contributed by atoms with Crippen molar-refractivity contribution in [3.05, 3.63) is 65.3 Å². The molecular weight excluding hydrogens is 334 g/mol. The van der Waals surface area contributed by atoms with Crippen LogP contribution in [0.15, 0.2) is 53.9 Å². The van der Waals surface area contributed by atoms with E-state index in [9.17, 15) is 4.79 Å². The van der Waals surface area contributed by atoms with Gasteiger partial charge in [0.1, 0.15) is 5.82 Å². The molecule has 1 amide bonds. The Labute approximate surface area is 147 Å². The van der Waals surface area contributed by atoms with Gasteiger partial charge in [-0.25, -0.2) is 4.98 Å². The summed E-state index contributed by atoms with van der Waals surface area (Å²) in [6.07, 6.45) is 0. The summed E-state index contributed by atoms with van der Waals surface area (Å²) in [4.78, 5) is 16.9. The Balaban J connectivity index is 1.54. The van der Waals surface area contributed by atoms with Crippen molar-refractivity contribution in [3.63, 3.8) is 0 Å². The van der Waals surface area contributed by atoms with E-state index in [1.807, 2.05) is 53.9 Å². The Morgan fingerprint density at radius 2 is 2.00 bits per heavy atom. The summed E-state index contributed by atoms with van der Waals surface area (Å²) in [5.41, 5.74) is 7.77. The summed E-state index contributed by atoms with van der Waals surface area (Å²) < 4.78 is 1.10. The van der Waals surface area contributed by atoms with Crippen molar-refractivity contribution in [1.29, 1.82) is 0 Å². The van der Waals surface area contributed by atoms with Crippen LogP contribution in [-0.2, 0) is 6.54 Å². The van der Waals surface area contributed by atoms with Crippen molar-refractivity contribution in [3.8, 4) is 11.4 Å². The van der Waals surface area contributed by atoms with Gasteiger partial charge in [0.2, 0.25) is 0 Å². The third-order valence-corrected chi connectivity index (χ3v) is 4.75. The molecular formula is C18H15N5OS. The lowest BCUT2D eigenvalue weighted by molar-refractivity contribution is 0.102. The maximum atomic E-state index is 12.6. The minimum absolute atomic E-state index is 0.125. The van der Waals surface area contributed by atoms with Gasteiger partial charge in [-0.2, -0.15) is 5.10 Å². The molecule has 6 nitrogen and oxygen atoms in total. The highest BCUT2D eigenvalue weighted by Crippen LogP contribution is 2.25. The van der Waals surface area contributed by atoms with Crippen LogP contribution in [0.25, 0.3) is 21.5 Å². The SMILES string of the molecule is NCc1nc(-c2ccc(NC(=O)c3cccc4sccc34)cc2)n[nH]1. The highest BCUT2D eigenvalue weighted by Gasteiger charge is 2.11. The molecule has 0 radical (unpaired) electrons. The molecule has 0 aliphatic carbocycles. The summed E-state index contributed by atoms with van der Waals surface area (Å²) in [7, 11) is 0. The number of carbonyl (C=O) groups excluding carboxylic acids is 1.